The molecule has 1 saturated carbocycles. The Kier molecular flexibility index (Phi) is 3.66. The molecule has 1 aliphatic carbocycles. The number of halogens is 1. The van der Waals surface area contributed by atoms with Gasteiger partial charge in [-0.3, -0.25) is 0 Å². The number of aryl methyl sites for hydroxylation is 1. The lowest BCUT2D eigenvalue weighted by atomic mass is 9.95. The number of nitrogens with zero attached hydrogens (tertiary/aromatic N) is 3. The summed E-state index contributed by atoms with van der Waals surface area (Å²) < 4.78 is 2.25. The molecule has 0 saturated heterocycles. The molecular weight excluding hydrogens is 272 g/mol. The van der Waals surface area contributed by atoms with Gasteiger partial charge in [0, 0.05) is 22.3 Å². The van der Waals surface area contributed by atoms with Crippen LogP contribution in [-0.2, 0) is 0 Å². The van der Waals surface area contributed by atoms with E-state index in [4.69, 9.17) is 17.3 Å². The molecule has 0 atom stereocenters. The Morgan fingerprint density at radius 3 is 2.60 bits per heavy atom. The Labute approximate surface area is 124 Å². The smallest absolute Gasteiger partial charge is 0.164 e. The molecule has 106 valence electrons. The first-order valence-corrected chi connectivity index (χ1v) is 7.51. The average molecular weight is 291 g/mol. The minimum absolute atomic E-state index is 0.494. The lowest BCUT2D eigenvalue weighted by molar-refractivity contribution is 0.350. The van der Waals surface area contributed by atoms with Crippen molar-refractivity contribution in [3.8, 4) is 11.4 Å². The molecule has 2 aromatic rings. The standard InChI is InChI=1S/C15H19ClN4/c1-10-18-19-15(11-7-12(16)9-13(17)8-11)20(10)14-5-3-2-4-6-14/h7-9,14H,2-6,17H2,1H3. The highest BCUT2D eigenvalue weighted by atomic mass is 35.5. The number of hydrogen-bond donors (Lipinski definition) is 1. The molecule has 1 aromatic heterocycles. The van der Waals surface area contributed by atoms with Crippen molar-refractivity contribution >= 4 is 17.3 Å². The van der Waals surface area contributed by atoms with Crippen molar-refractivity contribution in [2.24, 2.45) is 0 Å². The second kappa shape index (κ2) is 5.44. The molecule has 1 heterocycles. The first kappa shape index (κ1) is 13.4. The van der Waals surface area contributed by atoms with Gasteiger partial charge in [0.05, 0.1) is 0 Å². The number of aromatic nitrogens is 3. The maximum absolute atomic E-state index is 6.11. The molecule has 2 N–H and O–H groups in total. The largest absolute Gasteiger partial charge is 0.399 e. The first-order valence-electron chi connectivity index (χ1n) is 7.13. The van der Waals surface area contributed by atoms with E-state index in [0.29, 0.717) is 16.8 Å². The fourth-order valence-corrected chi connectivity index (χ4v) is 3.33. The number of rotatable bonds is 2. The van der Waals surface area contributed by atoms with Gasteiger partial charge in [-0.2, -0.15) is 0 Å². The van der Waals surface area contributed by atoms with Crippen LogP contribution in [0, 0.1) is 6.92 Å². The topological polar surface area (TPSA) is 56.7 Å². The molecule has 1 aliphatic rings. The number of nitrogens with two attached hydrogens (primary N) is 1. The Hall–Kier alpha value is -1.55. The van der Waals surface area contributed by atoms with Gasteiger partial charge in [-0.25, -0.2) is 0 Å². The van der Waals surface area contributed by atoms with Gasteiger partial charge < -0.3 is 10.3 Å². The summed E-state index contributed by atoms with van der Waals surface area (Å²) in [4.78, 5) is 0. The minimum Gasteiger partial charge on any atom is -0.399 e. The van der Waals surface area contributed by atoms with Crippen LogP contribution in [0.15, 0.2) is 18.2 Å². The number of hydrogen-bond acceptors (Lipinski definition) is 3. The molecule has 3 rings (SSSR count). The van der Waals surface area contributed by atoms with Gasteiger partial charge >= 0.3 is 0 Å². The molecule has 1 fully saturated rings. The zero-order valence-electron chi connectivity index (χ0n) is 11.6. The average Bonchev–Trinajstić information content (AvgIpc) is 2.80. The van der Waals surface area contributed by atoms with E-state index in [1.165, 1.54) is 32.1 Å². The lowest BCUT2D eigenvalue weighted by Crippen LogP contribution is -2.15. The predicted octanol–water partition coefficient (Wildman–Crippen LogP) is 3.99. The summed E-state index contributed by atoms with van der Waals surface area (Å²) >= 11 is 6.11. The van der Waals surface area contributed by atoms with Crippen molar-refractivity contribution < 1.29 is 0 Å². The van der Waals surface area contributed by atoms with Crippen molar-refractivity contribution in [1.82, 2.24) is 14.8 Å². The van der Waals surface area contributed by atoms with E-state index in [1.807, 2.05) is 19.1 Å². The second-order valence-corrected chi connectivity index (χ2v) is 5.94. The molecule has 4 nitrogen and oxygen atoms in total. The van der Waals surface area contributed by atoms with Gasteiger partial charge in [-0.1, -0.05) is 30.9 Å². The first-order chi connectivity index (χ1) is 9.65. The van der Waals surface area contributed by atoms with E-state index < -0.39 is 0 Å². The Morgan fingerprint density at radius 1 is 1.15 bits per heavy atom. The molecule has 1 aromatic carbocycles. The van der Waals surface area contributed by atoms with Crippen molar-refractivity contribution in [1.29, 1.82) is 0 Å². The maximum Gasteiger partial charge on any atom is 0.164 e. The van der Waals surface area contributed by atoms with E-state index in [-0.39, 0.29) is 0 Å². The fourth-order valence-electron chi connectivity index (χ4n) is 3.08. The van der Waals surface area contributed by atoms with E-state index >= 15 is 0 Å². The Morgan fingerprint density at radius 2 is 1.90 bits per heavy atom. The summed E-state index contributed by atoms with van der Waals surface area (Å²) in [5, 5.41) is 9.23. The highest BCUT2D eigenvalue weighted by Crippen LogP contribution is 2.33. The summed E-state index contributed by atoms with van der Waals surface area (Å²) in [5.74, 6) is 1.84. The fraction of sp³-hybridized carbons (Fsp3) is 0.467. The minimum atomic E-state index is 0.494. The lowest BCUT2D eigenvalue weighted by Gasteiger charge is -2.25. The molecule has 0 aliphatic heterocycles. The molecular formula is C15H19ClN4. The zero-order chi connectivity index (χ0) is 14.1. The molecule has 0 unspecified atom stereocenters. The highest BCUT2D eigenvalue weighted by Gasteiger charge is 2.22. The Balaban J connectivity index is 2.05. The molecule has 0 radical (unpaired) electrons. The van der Waals surface area contributed by atoms with Crippen molar-refractivity contribution in [2.75, 3.05) is 5.73 Å². The third-order valence-electron chi connectivity index (χ3n) is 3.98. The predicted molar refractivity (Wildman–Crippen MR) is 81.7 cm³/mol. The molecule has 0 amide bonds. The van der Waals surface area contributed by atoms with E-state index in [0.717, 1.165) is 17.2 Å². The molecule has 5 heteroatoms. The summed E-state index contributed by atoms with van der Waals surface area (Å²) in [6.45, 7) is 2.01. The van der Waals surface area contributed by atoms with E-state index in [2.05, 4.69) is 14.8 Å². The van der Waals surface area contributed by atoms with E-state index in [1.54, 1.807) is 6.07 Å². The van der Waals surface area contributed by atoms with Crippen LogP contribution >= 0.6 is 11.6 Å². The number of benzene rings is 1. The van der Waals surface area contributed by atoms with Gasteiger partial charge in [-0.05, 0) is 38.0 Å². The van der Waals surface area contributed by atoms with Crippen molar-refractivity contribution in [3.05, 3.63) is 29.0 Å². The summed E-state index contributed by atoms with van der Waals surface area (Å²) in [5.41, 5.74) is 7.49. The molecule has 20 heavy (non-hydrogen) atoms. The monoisotopic (exact) mass is 290 g/mol. The third kappa shape index (κ3) is 2.52. The van der Waals surface area contributed by atoms with Crippen LogP contribution in [0.4, 0.5) is 5.69 Å². The summed E-state index contributed by atoms with van der Waals surface area (Å²) in [7, 11) is 0. The summed E-state index contributed by atoms with van der Waals surface area (Å²) in [6.07, 6.45) is 6.28. The van der Waals surface area contributed by atoms with Crippen LogP contribution in [0.5, 0.6) is 0 Å². The quantitative estimate of drug-likeness (QED) is 0.851. The van der Waals surface area contributed by atoms with Crippen molar-refractivity contribution in [3.63, 3.8) is 0 Å². The van der Waals surface area contributed by atoms with Crippen LogP contribution < -0.4 is 5.73 Å². The Bertz CT molecular complexity index is 594. The van der Waals surface area contributed by atoms with Gasteiger partial charge in [0.15, 0.2) is 5.82 Å². The maximum atomic E-state index is 6.11. The van der Waals surface area contributed by atoms with Gasteiger partial charge in [-0.15, -0.1) is 10.2 Å². The second-order valence-electron chi connectivity index (χ2n) is 5.51. The highest BCUT2D eigenvalue weighted by molar-refractivity contribution is 6.31. The number of anilines is 1. The molecule has 0 bridgehead atoms. The van der Waals surface area contributed by atoms with Gasteiger partial charge in [0.1, 0.15) is 5.82 Å². The van der Waals surface area contributed by atoms with E-state index in [9.17, 15) is 0 Å². The van der Waals surface area contributed by atoms with Crippen LogP contribution in [-0.4, -0.2) is 14.8 Å². The van der Waals surface area contributed by atoms with Crippen LogP contribution in [0.1, 0.15) is 44.0 Å². The summed E-state index contributed by atoms with van der Waals surface area (Å²) in [6, 6.07) is 6.06. The third-order valence-corrected chi connectivity index (χ3v) is 4.20. The van der Waals surface area contributed by atoms with Crippen LogP contribution in [0.3, 0.4) is 0 Å². The SMILES string of the molecule is Cc1nnc(-c2cc(N)cc(Cl)c2)n1C1CCCCC1. The van der Waals surface area contributed by atoms with Crippen LogP contribution in [0.2, 0.25) is 5.02 Å². The molecule has 0 spiro atoms. The normalized spacial score (nSPS) is 16.5. The van der Waals surface area contributed by atoms with Crippen molar-refractivity contribution in [2.45, 2.75) is 45.1 Å². The van der Waals surface area contributed by atoms with Gasteiger partial charge in [0.2, 0.25) is 0 Å². The van der Waals surface area contributed by atoms with Gasteiger partial charge in [0.25, 0.3) is 0 Å². The van der Waals surface area contributed by atoms with Crippen LogP contribution in [0.25, 0.3) is 11.4 Å². The number of nitrogen functional groups attached to an aromatic ring is 1. The zero-order valence-corrected chi connectivity index (χ0v) is 12.4.